The quantitative estimate of drug-likeness (QED) is 0.167. The number of benzene rings is 5. The second-order valence-corrected chi connectivity index (χ2v) is 11.3. The minimum absolute atomic E-state index is 0. The molecule has 0 bridgehead atoms. The van der Waals surface area contributed by atoms with E-state index in [0.717, 1.165) is 67.1 Å². The summed E-state index contributed by atoms with van der Waals surface area (Å²) >= 11 is 0. The van der Waals surface area contributed by atoms with Crippen molar-refractivity contribution in [3.05, 3.63) is 163 Å². The summed E-state index contributed by atoms with van der Waals surface area (Å²) in [6.45, 7) is 4.29. The monoisotopic (exact) mass is 800 g/mol. The van der Waals surface area contributed by atoms with Gasteiger partial charge in [0.15, 0.2) is 5.75 Å². The summed E-state index contributed by atoms with van der Waals surface area (Å²) in [6.07, 6.45) is 3.58. The Kier molecular flexibility index (Phi) is 8.60. The van der Waals surface area contributed by atoms with Gasteiger partial charge >= 0.3 is 5.95 Å². The van der Waals surface area contributed by atoms with Crippen molar-refractivity contribution in [2.24, 2.45) is 0 Å². The minimum atomic E-state index is 0. The Morgan fingerprint density at radius 3 is 2.06 bits per heavy atom. The van der Waals surface area contributed by atoms with Gasteiger partial charge in [-0.1, -0.05) is 83.7 Å². The number of furan rings is 1. The van der Waals surface area contributed by atoms with Crippen LogP contribution >= 0.6 is 0 Å². The molecule has 0 amide bonds. The first-order valence-corrected chi connectivity index (χ1v) is 15.5. The number of aromatic nitrogens is 2. The summed E-state index contributed by atoms with van der Waals surface area (Å²) in [5.41, 5.74) is 9.73. The van der Waals surface area contributed by atoms with Crippen molar-refractivity contribution in [2.75, 3.05) is 4.90 Å². The molecule has 6 heteroatoms. The van der Waals surface area contributed by atoms with Crippen LogP contribution in [0.25, 0.3) is 44.3 Å². The SMILES string of the molecule is Cc1cccc(C)c1N1c2ccccc2Oc2oc3c(-c4ccccn4)[c-]c4ccccc4c3c21.[Ir].[c-]1ccccc1-c1ccccn1. The van der Waals surface area contributed by atoms with Crippen LogP contribution in [-0.2, 0) is 20.1 Å². The average Bonchev–Trinajstić information content (AvgIpc) is 3.52. The molecule has 0 unspecified atom stereocenters. The molecule has 9 rings (SSSR count). The van der Waals surface area contributed by atoms with Crippen LogP contribution in [0.3, 0.4) is 0 Å². The molecule has 1 aliphatic heterocycles. The van der Waals surface area contributed by atoms with Crippen molar-refractivity contribution in [1.82, 2.24) is 9.97 Å². The van der Waals surface area contributed by atoms with Gasteiger partial charge in [-0.15, -0.1) is 53.4 Å². The normalized spacial score (nSPS) is 11.5. The van der Waals surface area contributed by atoms with E-state index in [4.69, 9.17) is 9.15 Å². The topological polar surface area (TPSA) is 51.4 Å². The van der Waals surface area contributed by atoms with Crippen molar-refractivity contribution in [3.63, 3.8) is 0 Å². The van der Waals surface area contributed by atoms with Gasteiger partial charge in [0.1, 0.15) is 5.69 Å². The molecular weight excluding hydrogens is 771 g/mol. The van der Waals surface area contributed by atoms with Crippen LogP contribution in [0, 0.1) is 26.0 Å². The summed E-state index contributed by atoms with van der Waals surface area (Å²) in [5, 5.41) is 3.06. The third kappa shape index (κ3) is 5.56. The Labute approximate surface area is 292 Å². The van der Waals surface area contributed by atoms with Crippen LogP contribution in [0.1, 0.15) is 11.1 Å². The largest absolute Gasteiger partial charge is 0.462 e. The molecule has 0 aliphatic carbocycles. The van der Waals surface area contributed by atoms with E-state index in [2.05, 4.69) is 83.3 Å². The smallest absolute Gasteiger partial charge is 0.307 e. The fourth-order valence-corrected chi connectivity index (χ4v) is 6.21. The molecule has 0 spiro atoms. The van der Waals surface area contributed by atoms with Crippen LogP contribution in [0.15, 0.2) is 144 Å². The van der Waals surface area contributed by atoms with Crippen LogP contribution in [-0.4, -0.2) is 9.97 Å². The Bertz CT molecular complexity index is 2300. The van der Waals surface area contributed by atoms with E-state index in [0.29, 0.717) is 5.95 Å². The molecule has 5 nitrogen and oxygen atoms in total. The molecule has 5 aromatic carbocycles. The van der Waals surface area contributed by atoms with E-state index < -0.39 is 0 Å². The summed E-state index contributed by atoms with van der Waals surface area (Å²) in [4.78, 5) is 11.1. The van der Waals surface area contributed by atoms with E-state index in [1.807, 2.05) is 84.9 Å². The maximum atomic E-state index is 6.54. The van der Waals surface area contributed by atoms with Gasteiger partial charge in [0.25, 0.3) is 0 Å². The predicted octanol–water partition coefficient (Wildman–Crippen LogP) is 11.2. The van der Waals surface area contributed by atoms with Crippen LogP contribution in [0.2, 0.25) is 0 Å². The number of ether oxygens (including phenoxy) is 1. The van der Waals surface area contributed by atoms with E-state index >= 15 is 0 Å². The van der Waals surface area contributed by atoms with Crippen LogP contribution in [0.4, 0.5) is 17.1 Å². The van der Waals surface area contributed by atoms with E-state index in [1.165, 1.54) is 11.1 Å². The number of rotatable bonds is 3. The first kappa shape index (κ1) is 31.1. The number of nitrogens with zero attached hydrogens (tertiary/aromatic N) is 3. The third-order valence-corrected chi connectivity index (χ3v) is 8.30. The molecule has 4 heterocycles. The zero-order chi connectivity index (χ0) is 31.7. The van der Waals surface area contributed by atoms with E-state index in [-0.39, 0.29) is 20.1 Å². The number of aryl methyl sites for hydroxylation is 2. The molecule has 0 atom stereocenters. The third-order valence-electron chi connectivity index (χ3n) is 8.30. The Morgan fingerprint density at radius 2 is 1.33 bits per heavy atom. The summed E-state index contributed by atoms with van der Waals surface area (Å²) in [6, 6.07) is 49.1. The standard InChI is InChI=1S/C31H21N2O2.C11H8N.Ir/c1-19-10-9-11-20(2)28(19)33-25-15-5-6-16-26(25)34-31-29(33)27-22-13-4-3-12-21(22)18-23(30(27)35-31)24-14-7-8-17-32-24;1-2-6-10(7-3-1)11-8-4-5-9-12-11;/h3-17H,1-2H3;1-6,8-9H;/q2*-1;. The van der Waals surface area contributed by atoms with Gasteiger partial charge in [-0.25, -0.2) is 0 Å². The van der Waals surface area contributed by atoms with Crippen LogP contribution < -0.4 is 9.64 Å². The number of para-hydroxylation sites is 3. The van der Waals surface area contributed by atoms with Crippen LogP contribution in [0.5, 0.6) is 11.7 Å². The summed E-state index contributed by atoms with van der Waals surface area (Å²) < 4.78 is 12.9. The Hall–Kier alpha value is -5.55. The molecule has 0 saturated carbocycles. The summed E-state index contributed by atoms with van der Waals surface area (Å²) in [5.74, 6) is 1.23. The summed E-state index contributed by atoms with van der Waals surface area (Å²) in [7, 11) is 0. The molecule has 0 saturated heterocycles. The zero-order valence-corrected chi connectivity index (χ0v) is 28.7. The minimum Gasteiger partial charge on any atom is -0.462 e. The first-order valence-electron chi connectivity index (χ1n) is 15.5. The van der Waals surface area contributed by atoms with Crippen molar-refractivity contribution in [3.8, 4) is 34.2 Å². The second-order valence-electron chi connectivity index (χ2n) is 11.3. The van der Waals surface area contributed by atoms with Crippen molar-refractivity contribution < 1.29 is 29.3 Å². The molecule has 48 heavy (non-hydrogen) atoms. The Morgan fingerprint density at radius 1 is 0.646 bits per heavy atom. The second kappa shape index (κ2) is 13.3. The molecule has 235 valence electrons. The van der Waals surface area contributed by atoms with E-state index in [9.17, 15) is 0 Å². The predicted molar refractivity (Wildman–Crippen MR) is 189 cm³/mol. The molecule has 0 N–H and O–H groups in total. The Balaban J connectivity index is 0.000000237. The number of anilines is 3. The van der Waals surface area contributed by atoms with Crippen molar-refractivity contribution in [1.29, 1.82) is 0 Å². The molecule has 1 radical (unpaired) electrons. The van der Waals surface area contributed by atoms with Crippen molar-refractivity contribution >= 4 is 38.8 Å². The number of hydrogen-bond acceptors (Lipinski definition) is 5. The number of fused-ring (bicyclic) bond motifs is 6. The fourth-order valence-electron chi connectivity index (χ4n) is 6.21. The zero-order valence-electron chi connectivity index (χ0n) is 26.3. The molecule has 3 aromatic heterocycles. The molecule has 0 fully saturated rings. The molecule has 8 aromatic rings. The molecule has 1 aliphatic rings. The van der Waals surface area contributed by atoms with Gasteiger partial charge in [0.2, 0.25) is 0 Å². The van der Waals surface area contributed by atoms with Gasteiger partial charge < -0.3 is 19.0 Å². The maximum absolute atomic E-state index is 6.54. The van der Waals surface area contributed by atoms with Gasteiger partial charge in [-0.05, 0) is 60.3 Å². The van der Waals surface area contributed by atoms with Gasteiger partial charge in [0, 0.05) is 38.2 Å². The van der Waals surface area contributed by atoms with Gasteiger partial charge in [0.05, 0.1) is 17.0 Å². The van der Waals surface area contributed by atoms with E-state index in [1.54, 1.807) is 12.4 Å². The average molecular weight is 800 g/mol. The van der Waals surface area contributed by atoms with Gasteiger partial charge in [-0.3, -0.25) is 4.98 Å². The number of hydrogen-bond donors (Lipinski definition) is 0. The van der Waals surface area contributed by atoms with Gasteiger partial charge in [-0.2, -0.15) is 0 Å². The van der Waals surface area contributed by atoms with Crippen molar-refractivity contribution in [2.45, 2.75) is 13.8 Å². The number of pyridine rings is 2. The first-order chi connectivity index (χ1) is 23.2. The molecular formula is C42H29IrN3O2-2. The fraction of sp³-hybridized carbons (Fsp3) is 0.0476. The maximum Gasteiger partial charge on any atom is 0.307 e.